The number of carbonyl (C=O) groups is 1. The van der Waals surface area contributed by atoms with Crippen LogP contribution < -0.4 is 5.32 Å². The van der Waals surface area contributed by atoms with E-state index in [-0.39, 0.29) is 22.7 Å². The number of nitrogens with one attached hydrogen (secondary N) is 1. The van der Waals surface area contributed by atoms with Gasteiger partial charge in [0.05, 0.1) is 10.6 Å². The molecule has 1 amide bonds. The van der Waals surface area contributed by atoms with Gasteiger partial charge in [0.2, 0.25) is 0 Å². The Balaban J connectivity index is 2.09. The van der Waals surface area contributed by atoms with Crippen molar-refractivity contribution in [3.05, 3.63) is 64.4 Å². The molecule has 0 spiro atoms. The highest BCUT2D eigenvalue weighted by molar-refractivity contribution is 6.33. The molecule has 0 unspecified atom stereocenters. The van der Waals surface area contributed by atoms with Crippen LogP contribution in [0.3, 0.4) is 0 Å². The highest BCUT2D eigenvalue weighted by Crippen LogP contribution is 2.14. The van der Waals surface area contributed by atoms with Gasteiger partial charge in [0, 0.05) is 24.5 Å². The second-order valence-electron chi connectivity index (χ2n) is 3.77. The number of carbonyl (C=O) groups excluding carboxylic acids is 1. The first kappa shape index (κ1) is 13.4. The van der Waals surface area contributed by atoms with Crippen molar-refractivity contribution in [3.63, 3.8) is 0 Å². The third kappa shape index (κ3) is 3.26. The molecule has 0 aliphatic rings. The summed E-state index contributed by atoms with van der Waals surface area (Å²) in [5.74, 6) is -1.65. The van der Waals surface area contributed by atoms with Crippen molar-refractivity contribution in [2.45, 2.75) is 6.54 Å². The standard InChI is InChI=1S/C13H9ClF2N2O/c14-11-3-4-17-7-10(11)13(19)18-6-8-5-9(15)1-2-12(8)16/h1-5,7H,6H2,(H,18,19). The van der Waals surface area contributed by atoms with E-state index in [1.807, 2.05) is 0 Å². The van der Waals surface area contributed by atoms with Crippen molar-refractivity contribution < 1.29 is 13.6 Å². The summed E-state index contributed by atoms with van der Waals surface area (Å²) >= 11 is 5.82. The van der Waals surface area contributed by atoms with Gasteiger partial charge in [-0.25, -0.2) is 8.78 Å². The van der Waals surface area contributed by atoms with E-state index in [1.165, 1.54) is 18.5 Å². The number of nitrogens with zero attached hydrogens (tertiary/aromatic N) is 1. The Morgan fingerprint density at radius 2 is 2.11 bits per heavy atom. The Morgan fingerprint density at radius 3 is 2.84 bits per heavy atom. The van der Waals surface area contributed by atoms with Gasteiger partial charge in [-0.15, -0.1) is 0 Å². The third-order valence-corrected chi connectivity index (χ3v) is 2.79. The first-order valence-electron chi connectivity index (χ1n) is 5.39. The number of amides is 1. The van der Waals surface area contributed by atoms with Gasteiger partial charge < -0.3 is 5.32 Å². The average Bonchev–Trinajstić information content (AvgIpc) is 2.40. The predicted octanol–water partition coefficient (Wildman–Crippen LogP) is 2.94. The Kier molecular flexibility index (Phi) is 4.06. The summed E-state index contributed by atoms with van der Waals surface area (Å²) in [4.78, 5) is 15.6. The van der Waals surface area contributed by atoms with Crippen molar-refractivity contribution in [2.75, 3.05) is 0 Å². The minimum absolute atomic E-state index is 0.0633. The monoisotopic (exact) mass is 282 g/mol. The predicted molar refractivity (Wildman–Crippen MR) is 66.8 cm³/mol. The molecular formula is C13H9ClF2N2O. The Bertz CT molecular complexity index is 619. The van der Waals surface area contributed by atoms with E-state index in [0.717, 1.165) is 18.2 Å². The molecule has 0 aliphatic heterocycles. The number of benzene rings is 1. The lowest BCUT2D eigenvalue weighted by Crippen LogP contribution is -2.23. The van der Waals surface area contributed by atoms with E-state index >= 15 is 0 Å². The second-order valence-corrected chi connectivity index (χ2v) is 4.18. The van der Waals surface area contributed by atoms with Crippen LogP contribution in [-0.2, 0) is 6.54 Å². The van der Waals surface area contributed by atoms with Gasteiger partial charge in [-0.1, -0.05) is 11.6 Å². The van der Waals surface area contributed by atoms with Gasteiger partial charge in [0.25, 0.3) is 5.91 Å². The molecule has 6 heteroatoms. The maximum absolute atomic E-state index is 13.3. The first-order valence-corrected chi connectivity index (χ1v) is 5.77. The molecule has 0 saturated carbocycles. The van der Waals surface area contributed by atoms with Crippen LogP contribution in [0, 0.1) is 11.6 Å². The number of hydrogen-bond acceptors (Lipinski definition) is 2. The van der Waals surface area contributed by atoms with Crippen LogP contribution in [0.15, 0.2) is 36.7 Å². The van der Waals surface area contributed by atoms with Crippen molar-refractivity contribution in [1.82, 2.24) is 10.3 Å². The van der Waals surface area contributed by atoms with E-state index in [1.54, 1.807) is 0 Å². The molecule has 1 aromatic heterocycles. The van der Waals surface area contributed by atoms with Crippen LogP contribution in [0.1, 0.15) is 15.9 Å². The molecule has 0 fully saturated rings. The van der Waals surface area contributed by atoms with Crippen molar-refractivity contribution in [3.8, 4) is 0 Å². The second kappa shape index (κ2) is 5.75. The maximum atomic E-state index is 13.3. The largest absolute Gasteiger partial charge is 0.348 e. The summed E-state index contributed by atoms with van der Waals surface area (Å²) in [5.41, 5.74) is 0.245. The fraction of sp³-hybridized carbons (Fsp3) is 0.0769. The topological polar surface area (TPSA) is 42.0 Å². The zero-order valence-corrected chi connectivity index (χ0v) is 10.4. The smallest absolute Gasteiger partial charge is 0.254 e. The molecule has 0 atom stereocenters. The van der Waals surface area contributed by atoms with E-state index in [4.69, 9.17) is 11.6 Å². The van der Waals surface area contributed by atoms with Gasteiger partial charge in [-0.2, -0.15) is 0 Å². The summed E-state index contributed by atoms with van der Waals surface area (Å²) in [6.45, 7) is -0.131. The number of pyridine rings is 1. The number of hydrogen-bond donors (Lipinski definition) is 1. The molecule has 98 valence electrons. The fourth-order valence-corrected chi connectivity index (χ4v) is 1.69. The zero-order valence-electron chi connectivity index (χ0n) is 9.66. The quantitative estimate of drug-likeness (QED) is 0.940. The summed E-state index contributed by atoms with van der Waals surface area (Å²) in [5, 5.41) is 2.70. The van der Waals surface area contributed by atoms with E-state index in [9.17, 15) is 13.6 Å². The Hall–Kier alpha value is -2.01. The molecule has 0 radical (unpaired) electrons. The molecule has 1 aromatic carbocycles. The normalized spacial score (nSPS) is 10.3. The Labute approximate surface area is 113 Å². The van der Waals surface area contributed by atoms with Crippen LogP contribution in [0.2, 0.25) is 5.02 Å². The molecule has 2 aromatic rings. The summed E-state index contributed by atoms with van der Waals surface area (Å²) in [6, 6.07) is 4.52. The molecule has 1 N–H and O–H groups in total. The minimum atomic E-state index is -0.584. The molecule has 0 saturated heterocycles. The van der Waals surface area contributed by atoms with Gasteiger partial charge in [-0.3, -0.25) is 9.78 Å². The lowest BCUT2D eigenvalue weighted by Gasteiger charge is -2.07. The van der Waals surface area contributed by atoms with Crippen molar-refractivity contribution >= 4 is 17.5 Å². The molecule has 1 heterocycles. The van der Waals surface area contributed by atoms with Crippen LogP contribution in [0.4, 0.5) is 8.78 Å². The third-order valence-electron chi connectivity index (χ3n) is 2.46. The Morgan fingerprint density at radius 1 is 1.32 bits per heavy atom. The summed E-state index contributed by atoms with van der Waals surface area (Å²) in [7, 11) is 0. The molecule has 0 aliphatic carbocycles. The summed E-state index contributed by atoms with van der Waals surface area (Å²) in [6.07, 6.45) is 2.75. The summed E-state index contributed by atoms with van der Waals surface area (Å²) < 4.78 is 26.3. The van der Waals surface area contributed by atoms with Gasteiger partial charge >= 0.3 is 0 Å². The first-order chi connectivity index (χ1) is 9.08. The van der Waals surface area contributed by atoms with Crippen molar-refractivity contribution in [1.29, 1.82) is 0 Å². The van der Waals surface area contributed by atoms with Gasteiger partial charge in [0.1, 0.15) is 11.6 Å². The molecule has 19 heavy (non-hydrogen) atoms. The van der Waals surface area contributed by atoms with E-state index in [0.29, 0.717) is 0 Å². The van der Waals surface area contributed by atoms with Gasteiger partial charge in [0.15, 0.2) is 0 Å². The van der Waals surface area contributed by atoms with E-state index in [2.05, 4.69) is 10.3 Å². The average molecular weight is 283 g/mol. The zero-order chi connectivity index (χ0) is 13.8. The minimum Gasteiger partial charge on any atom is -0.348 e. The lowest BCUT2D eigenvalue weighted by molar-refractivity contribution is 0.0950. The maximum Gasteiger partial charge on any atom is 0.254 e. The van der Waals surface area contributed by atoms with Crippen LogP contribution in [0.25, 0.3) is 0 Å². The van der Waals surface area contributed by atoms with Crippen LogP contribution >= 0.6 is 11.6 Å². The van der Waals surface area contributed by atoms with Gasteiger partial charge in [-0.05, 0) is 24.3 Å². The highest BCUT2D eigenvalue weighted by Gasteiger charge is 2.11. The molecule has 3 nitrogen and oxygen atoms in total. The van der Waals surface area contributed by atoms with Crippen molar-refractivity contribution in [2.24, 2.45) is 0 Å². The highest BCUT2D eigenvalue weighted by atomic mass is 35.5. The van der Waals surface area contributed by atoms with Crippen LogP contribution in [0.5, 0.6) is 0 Å². The SMILES string of the molecule is O=C(NCc1cc(F)ccc1F)c1cnccc1Cl. The van der Waals surface area contributed by atoms with Crippen LogP contribution in [-0.4, -0.2) is 10.9 Å². The molecular weight excluding hydrogens is 274 g/mol. The number of rotatable bonds is 3. The molecule has 2 rings (SSSR count). The number of aromatic nitrogens is 1. The van der Waals surface area contributed by atoms with E-state index < -0.39 is 17.5 Å². The fourth-order valence-electron chi connectivity index (χ4n) is 1.49. The number of halogens is 3. The lowest BCUT2D eigenvalue weighted by atomic mass is 10.2. The molecule has 0 bridgehead atoms.